The fraction of sp³-hybridized carbons (Fsp3) is 0.0244. The summed E-state index contributed by atoms with van der Waals surface area (Å²) >= 11 is 0. The highest BCUT2D eigenvalue weighted by Crippen LogP contribution is 2.45. The smallest absolute Gasteiger partial charge is 0.115 e. The van der Waals surface area contributed by atoms with E-state index in [1.807, 2.05) is 24.3 Å². The lowest BCUT2D eigenvalue weighted by molar-refractivity contribution is 0.475. The number of phenolic OH excluding ortho intramolecular Hbond substituents is 2. The van der Waals surface area contributed by atoms with Gasteiger partial charge in [-0.2, -0.15) is 0 Å². The summed E-state index contributed by atoms with van der Waals surface area (Å²) < 4.78 is 0. The first-order chi connectivity index (χ1) is 22.0. The van der Waals surface area contributed by atoms with Crippen LogP contribution in [0, 0.1) is 6.92 Å². The highest BCUT2D eigenvalue weighted by Gasteiger charge is 2.19. The molecule has 2 N–H and O–H groups in total. The van der Waals surface area contributed by atoms with E-state index in [0.717, 1.165) is 34.1 Å². The van der Waals surface area contributed by atoms with Crippen LogP contribution < -0.4 is 9.80 Å². The summed E-state index contributed by atoms with van der Waals surface area (Å²) in [4.78, 5) is 4.44. The van der Waals surface area contributed by atoms with Crippen molar-refractivity contribution in [2.45, 2.75) is 6.92 Å². The fourth-order valence-corrected chi connectivity index (χ4v) is 6.44. The van der Waals surface area contributed by atoms with Gasteiger partial charge in [0.15, 0.2) is 0 Å². The lowest BCUT2D eigenvalue weighted by atomic mass is 9.93. The molecule has 0 amide bonds. The molecule has 8 rings (SSSR count). The SMILES string of the molecule is Cc1ccc(N(c2ccc(N(c3ccc(O)cc3)c3ccc(O)cc3)cc2)c2ccc3ccc4cccc5ccc2c3c45)cc1. The van der Waals surface area contributed by atoms with Gasteiger partial charge in [-0.05, 0) is 125 Å². The summed E-state index contributed by atoms with van der Waals surface area (Å²) in [6, 6.07) is 51.4. The van der Waals surface area contributed by atoms with Gasteiger partial charge in [0.1, 0.15) is 11.5 Å². The largest absolute Gasteiger partial charge is 0.508 e. The van der Waals surface area contributed by atoms with Gasteiger partial charge in [-0.1, -0.05) is 66.2 Å². The Labute approximate surface area is 261 Å². The monoisotopic (exact) mass is 582 g/mol. The van der Waals surface area contributed by atoms with E-state index in [9.17, 15) is 10.2 Å². The van der Waals surface area contributed by atoms with Crippen molar-refractivity contribution in [3.8, 4) is 11.5 Å². The first-order valence-corrected chi connectivity index (χ1v) is 15.1. The van der Waals surface area contributed by atoms with Crippen molar-refractivity contribution >= 4 is 66.4 Å². The van der Waals surface area contributed by atoms with E-state index in [4.69, 9.17) is 0 Å². The first-order valence-electron chi connectivity index (χ1n) is 15.1. The second kappa shape index (κ2) is 10.6. The number of nitrogens with zero attached hydrogens (tertiary/aromatic N) is 2. The molecule has 0 spiro atoms. The van der Waals surface area contributed by atoms with E-state index in [1.165, 1.54) is 37.9 Å². The third kappa shape index (κ3) is 4.64. The molecule has 0 saturated heterocycles. The minimum Gasteiger partial charge on any atom is -0.508 e. The number of phenols is 2. The summed E-state index contributed by atoms with van der Waals surface area (Å²) in [6.07, 6.45) is 0. The van der Waals surface area contributed by atoms with Gasteiger partial charge in [0.05, 0.1) is 5.69 Å². The predicted octanol–water partition coefficient (Wildman–Crippen LogP) is 11.2. The summed E-state index contributed by atoms with van der Waals surface area (Å²) in [7, 11) is 0. The quantitative estimate of drug-likeness (QED) is 0.191. The zero-order valence-corrected chi connectivity index (χ0v) is 24.7. The molecule has 0 fully saturated rings. The second-order valence-electron chi connectivity index (χ2n) is 11.5. The molecule has 0 aliphatic heterocycles. The van der Waals surface area contributed by atoms with Crippen molar-refractivity contribution in [1.29, 1.82) is 0 Å². The van der Waals surface area contributed by atoms with Crippen molar-refractivity contribution in [3.05, 3.63) is 157 Å². The number of anilines is 6. The number of hydrogen-bond acceptors (Lipinski definition) is 4. The third-order valence-corrected chi connectivity index (χ3v) is 8.62. The maximum absolute atomic E-state index is 9.96. The molecule has 0 aromatic heterocycles. The molecule has 0 saturated carbocycles. The van der Waals surface area contributed by atoms with Gasteiger partial charge in [-0.25, -0.2) is 0 Å². The van der Waals surface area contributed by atoms with E-state index in [0.29, 0.717) is 0 Å². The molecule has 0 aliphatic rings. The van der Waals surface area contributed by atoms with Crippen LogP contribution in [-0.4, -0.2) is 10.2 Å². The van der Waals surface area contributed by atoms with Gasteiger partial charge in [-0.15, -0.1) is 0 Å². The van der Waals surface area contributed by atoms with Gasteiger partial charge < -0.3 is 20.0 Å². The molecule has 0 atom stereocenters. The molecular weight excluding hydrogens is 552 g/mol. The second-order valence-corrected chi connectivity index (χ2v) is 11.5. The molecule has 0 aliphatic carbocycles. The maximum atomic E-state index is 9.96. The Kier molecular flexibility index (Phi) is 6.28. The number of aromatic hydroxyl groups is 2. The van der Waals surface area contributed by atoms with Gasteiger partial charge in [-0.3, -0.25) is 0 Å². The molecule has 45 heavy (non-hydrogen) atoms. The highest BCUT2D eigenvalue weighted by atomic mass is 16.3. The number of benzene rings is 8. The highest BCUT2D eigenvalue weighted by molar-refractivity contribution is 6.25. The topological polar surface area (TPSA) is 46.9 Å². The molecule has 8 aromatic carbocycles. The molecule has 4 nitrogen and oxygen atoms in total. The van der Waals surface area contributed by atoms with Crippen molar-refractivity contribution in [3.63, 3.8) is 0 Å². The minimum absolute atomic E-state index is 0.210. The Morgan fingerprint density at radius 3 is 1.31 bits per heavy atom. The van der Waals surface area contributed by atoms with Crippen molar-refractivity contribution < 1.29 is 10.2 Å². The zero-order valence-electron chi connectivity index (χ0n) is 24.7. The van der Waals surface area contributed by atoms with Gasteiger partial charge in [0.2, 0.25) is 0 Å². The fourth-order valence-electron chi connectivity index (χ4n) is 6.44. The van der Waals surface area contributed by atoms with E-state index < -0.39 is 0 Å². The van der Waals surface area contributed by atoms with Gasteiger partial charge in [0, 0.05) is 33.8 Å². The lowest BCUT2D eigenvalue weighted by Crippen LogP contribution is -2.12. The van der Waals surface area contributed by atoms with Crippen LogP contribution in [0.15, 0.2) is 152 Å². The zero-order chi connectivity index (χ0) is 30.5. The standard InChI is InChI=1S/C41H30N2O2/c1-27-5-11-34(12-6-27)43(39-26-10-30-8-7-28-3-2-4-29-9-25-38(39)41(30)40(28)29)35-15-13-31(14-16-35)42(32-17-21-36(44)22-18-32)33-19-23-37(45)24-20-33/h2-26,44-45H,1H3. The summed E-state index contributed by atoms with van der Waals surface area (Å²) in [6.45, 7) is 2.11. The molecule has 216 valence electrons. The molecular formula is C41H30N2O2. The third-order valence-electron chi connectivity index (χ3n) is 8.62. The molecule has 0 unspecified atom stereocenters. The maximum Gasteiger partial charge on any atom is 0.115 e. The molecule has 0 bridgehead atoms. The number of aryl methyl sites for hydroxylation is 1. The Hall–Kier alpha value is -6.00. The Morgan fingerprint density at radius 2 is 0.778 bits per heavy atom. The number of rotatable bonds is 6. The van der Waals surface area contributed by atoms with Crippen LogP contribution in [0.5, 0.6) is 11.5 Å². The predicted molar refractivity (Wildman–Crippen MR) is 188 cm³/mol. The lowest BCUT2D eigenvalue weighted by Gasteiger charge is -2.29. The van der Waals surface area contributed by atoms with E-state index >= 15 is 0 Å². The Morgan fingerprint density at radius 1 is 0.378 bits per heavy atom. The number of hydrogen-bond donors (Lipinski definition) is 2. The van der Waals surface area contributed by atoms with Crippen LogP contribution in [0.1, 0.15) is 5.56 Å². The van der Waals surface area contributed by atoms with E-state index in [1.54, 1.807) is 24.3 Å². The van der Waals surface area contributed by atoms with Crippen molar-refractivity contribution in [2.75, 3.05) is 9.80 Å². The molecule has 4 heteroatoms. The Balaban J connectivity index is 1.30. The Bertz CT molecular complexity index is 2210. The summed E-state index contributed by atoms with van der Waals surface area (Å²) in [5.41, 5.74) is 7.19. The average molecular weight is 583 g/mol. The average Bonchev–Trinajstić information content (AvgIpc) is 3.07. The molecule has 0 radical (unpaired) electrons. The van der Waals surface area contributed by atoms with Crippen LogP contribution >= 0.6 is 0 Å². The van der Waals surface area contributed by atoms with Gasteiger partial charge in [0.25, 0.3) is 0 Å². The van der Waals surface area contributed by atoms with Crippen molar-refractivity contribution in [1.82, 2.24) is 0 Å². The van der Waals surface area contributed by atoms with Gasteiger partial charge >= 0.3 is 0 Å². The summed E-state index contributed by atoms with van der Waals surface area (Å²) in [5, 5.41) is 27.4. The first kappa shape index (κ1) is 26.6. The molecule has 0 heterocycles. The van der Waals surface area contributed by atoms with Crippen LogP contribution in [0.4, 0.5) is 34.1 Å². The minimum atomic E-state index is 0.210. The van der Waals surface area contributed by atoms with Crippen molar-refractivity contribution in [2.24, 2.45) is 0 Å². The van der Waals surface area contributed by atoms with Crippen LogP contribution in [0.25, 0.3) is 32.3 Å². The molecule has 8 aromatic rings. The summed E-state index contributed by atoms with van der Waals surface area (Å²) in [5.74, 6) is 0.420. The van der Waals surface area contributed by atoms with E-state index in [2.05, 4.69) is 120 Å². The van der Waals surface area contributed by atoms with E-state index in [-0.39, 0.29) is 11.5 Å². The normalized spacial score (nSPS) is 11.4. The van der Waals surface area contributed by atoms with Crippen LogP contribution in [-0.2, 0) is 0 Å². The van der Waals surface area contributed by atoms with Crippen LogP contribution in [0.2, 0.25) is 0 Å². The van der Waals surface area contributed by atoms with Crippen LogP contribution in [0.3, 0.4) is 0 Å².